The molecule has 1 aliphatic heterocycles. The van der Waals surface area contributed by atoms with Crippen LogP contribution >= 0.6 is 34.7 Å². The van der Waals surface area contributed by atoms with Gasteiger partial charge in [-0.25, -0.2) is 4.90 Å². The van der Waals surface area contributed by atoms with E-state index in [2.05, 4.69) is 0 Å². The summed E-state index contributed by atoms with van der Waals surface area (Å²) >= 11 is 8.17. The standard InChI is InChI=1S/C14H8ClNO2S2/c15-12-7-6-10(19-12)8-11-13(17)16(14(18)20-11)9-4-2-1-3-5-9/h1-8H/b11-8-. The van der Waals surface area contributed by atoms with Crippen molar-refractivity contribution in [3.8, 4) is 0 Å². The van der Waals surface area contributed by atoms with Crippen molar-refractivity contribution < 1.29 is 9.59 Å². The Hall–Kier alpha value is -1.56. The summed E-state index contributed by atoms with van der Waals surface area (Å²) in [6.07, 6.45) is 1.70. The van der Waals surface area contributed by atoms with Crippen molar-refractivity contribution in [2.75, 3.05) is 4.90 Å². The Bertz CT molecular complexity index is 709. The van der Waals surface area contributed by atoms with E-state index in [0.29, 0.717) is 14.9 Å². The Labute approximate surface area is 128 Å². The van der Waals surface area contributed by atoms with Gasteiger partial charge in [0.1, 0.15) is 0 Å². The van der Waals surface area contributed by atoms with Crippen LogP contribution in [0.3, 0.4) is 0 Å². The zero-order valence-electron chi connectivity index (χ0n) is 10.1. The number of thioether (sulfide) groups is 1. The minimum absolute atomic E-state index is 0.282. The Morgan fingerprint density at radius 1 is 1.05 bits per heavy atom. The zero-order chi connectivity index (χ0) is 14.1. The van der Waals surface area contributed by atoms with Crippen molar-refractivity contribution >= 4 is 57.6 Å². The fraction of sp³-hybridized carbons (Fsp3) is 0. The highest BCUT2D eigenvalue weighted by molar-refractivity contribution is 8.19. The molecule has 100 valence electrons. The minimum Gasteiger partial charge on any atom is -0.268 e. The maximum atomic E-state index is 12.3. The molecule has 0 saturated carbocycles. The normalized spacial score (nSPS) is 17.2. The monoisotopic (exact) mass is 321 g/mol. The largest absolute Gasteiger partial charge is 0.298 e. The van der Waals surface area contributed by atoms with Crippen LogP contribution in [-0.4, -0.2) is 11.1 Å². The molecular weight excluding hydrogens is 314 g/mol. The number of imide groups is 1. The molecule has 3 rings (SSSR count). The van der Waals surface area contributed by atoms with Crippen LogP contribution in [0.1, 0.15) is 4.88 Å². The van der Waals surface area contributed by atoms with E-state index in [1.165, 1.54) is 16.2 Å². The van der Waals surface area contributed by atoms with Gasteiger partial charge < -0.3 is 0 Å². The first-order chi connectivity index (χ1) is 9.65. The van der Waals surface area contributed by atoms with E-state index < -0.39 is 0 Å². The number of amides is 2. The topological polar surface area (TPSA) is 37.4 Å². The SMILES string of the molecule is O=C1S/C(=C\c2ccc(Cl)s2)C(=O)N1c1ccccc1. The number of thiophene rings is 1. The van der Waals surface area contributed by atoms with E-state index in [1.807, 2.05) is 12.1 Å². The first-order valence-corrected chi connectivity index (χ1v) is 7.74. The van der Waals surface area contributed by atoms with Gasteiger partial charge in [-0.15, -0.1) is 11.3 Å². The predicted octanol–water partition coefficient (Wildman–Crippen LogP) is 4.64. The second kappa shape index (κ2) is 5.44. The summed E-state index contributed by atoms with van der Waals surface area (Å²) in [6.45, 7) is 0. The third kappa shape index (κ3) is 2.52. The maximum Gasteiger partial charge on any atom is 0.298 e. The van der Waals surface area contributed by atoms with Gasteiger partial charge in [0.15, 0.2) is 0 Å². The first kappa shape index (κ1) is 13.4. The molecule has 0 aliphatic carbocycles. The molecule has 3 nitrogen and oxygen atoms in total. The predicted molar refractivity (Wildman–Crippen MR) is 84.2 cm³/mol. The van der Waals surface area contributed by atoms with Crippen molar-refractivity contribution in [2.24, 2.45) is 0 Å². The lowest BCUT2D eigenvalue weighted by Gasteiger charge is -2.11. The summed E-state index contributed by atoms with van der Waals surface area (Å²) in [5.74, 6) is -0.296. The number of benzene rings is 1. The fourth-order valence-corrected chi connectivity index (χ4v) is 3.71. The molecule has 2 aromatic rings. The molecular formula is C14H8ClNO2S2. The highest BCUT2D eigenvalue weighted by Crippen LogP contribution is 2.36. The van der Waals surface area contributed by atoms with Gasteiger partial charge in [-0.3, -0.25) is 9.59 Å². The molecule has 1 saturated heterocycles. The maximum absolute atomic E-state index is 12.3. The Kier molecular flexibility index (Phi) is 3.65. The molecule has 0 unspecified atom stereocenters. The van der Waals surface area contributed by atoms with Gasteiger partial charge >= 0.3 is 0 Å². The molecule has 0 spiro atoms. The number of nitrogens with zero attached hydrogens (tertiary/aromatic N) is 1. The molecule has 1 aromatic carbocycles. The summed E-state index contributed by atoms with van der Waals surface area (Å²) in [4.78, 5) is 26.8. The Morgan fingerprint density at radius 2 is 1.80 bits per heavy atom. The van der Waals surface area contributed by atoms with Crippen LogP contribution in [0, 0.1) is 0 Å². The second-order valence-corrected chi connectivity index (χ2v) is 6.73. The van der Waals surface area contributed by atoms with Crippen LogP contribution in [0.5, 0.6) is 0 Å². The van der Waals surface area contributed by atoms with E-state index in [1.54, 1.807) is 36.4 Å². The number of hydrogen-bond acceptors (Lipinski definition) is 4. The molecule has 0 atom stereocenters. The van der Waals surface area contributed by atoms with Gasteiger partial charge in [0, 0.05) is 4.88 Å². The van der Waals surface area contributed by atoms with Crippen LogP contribution in [0.2, 0.25) is 4.34 Å². The molecule has 20 heavy (non-hydrogen) atoms. The van der Waals surface area contributed by atoms with Gasteiger partial charge in [0.25, 0.3) is 11.1 Å². The number of carbonyl (C=O) groups is 2. The molecule has 1 aliphatic rings. The lowest BCUT2D eigenvalue weighted by atomic mass is 10.3. The smallest absolute Gasteiger partial charge is 0.268 e. The summed E-state index contributed by atoms with van der Waals surface area (Å²) in [5.41, 5.74) is 0.586. The fourth-order valence-electron chi connectivity index (χ4n) is 1.80. The van der Waals surface area contributed by atoms with Gasteiger partial charge in [0.2, 0.25) is 0 Å². The highest BCUT2D eigenvalue weighted by Gasteiger charge is 2.36. The van der Waals surface area contributed by atoms with Crippen LogP contribution in [-0.2, 0) is 4.79 Å². The molecule has 0 radical (unpaired) electrons. The summed E-state index contributed by atoms with van der Waals surface area (Å²) in [7, 11) is 0. The van der Waals surface area contributed by atoms with Crippen LogP contribution in [0.15, 0.2) is 47.4 Å². The number of rotatable bonds is 2. The Balaban J connectivity index is 1.93. The van der Waals surface area contributed by atoms with Gasteiger partial charge in [0.05, 0.1) is 14.9 Å². The molecule has 2 heterocycles. The van der Waals surface area contributed by atoms with Crippen LogP contribution in [0.25, 0.3) is 6.08 Å². The molecule has 1 aromatic heterocycles. The number of anilines is 1. The third-order valence-electron chi connectivity index (χ3n) is 2.68. The molecule has 1 fully saturated rings. The lowest BCUT2D eigenvalue weighted by Crippen LogP contribution is -2.27. The van der Waals surface area contributed by atoms with E-state index in [-0.39, 0.29) is 11.1 Å². The van der Waals surface area contributed by atoms with Gasteiger partial charge in [-0.05, 0) is 42.1 Å². The molecule has 0 N–H and O–H groups in total. The summed E-state index contributed by atoms with van der Waals surface area (Å²) < 4.78 is 0.651. The van der Waals surface area contributed by atoms with Crippen LogP contribution in [0.4, 0.5) is 10.5 Å². The highest BCUT2D eigenvalue weighted by atomic mass is 35.5. The number of halogens is 1. The van der Waals surface area contributed by atoms with Crippen molar-refractivity contribution in [2.45, 2.75) is 0 Å². The Morgan fingerprint density at radius 3 is 2.45 bits per heavy atom. The van der Waals surface area contributed by atoms with E-state index >= 15 is 0 Å². The molecule has 0 bridgehead atoms. The lowest BCUT2D eigenvalue weighted by molar-refractivity contribution is -0.113. The third-order valence-corrected chi connectivity index (χ3v) is 4.72. The van der Waals surface area contributed by atoms with Crippen molar-refractivity contribution in [3.63, 3.8) is 0 Å². The first-order valence-electron chi connectivity index (χ1n) is 5.73. The van der Waals surface area contributed by atoms with Crippen LogP contribution < -0.4 is 4.90 Å². The van der Waals surface area contributed by atoms with E-state index in [0.717, 1.165) is 16.6 Å². The van der Waals surface area contributed by atoms with Crippen molar-refractivity contribution in [1.29, 1.82) is 0 Å². The van der Waals surface area contributed by atoms with Gasteiger partial charge in [-0.1, -0.05) is 29.8 Å². The molecule has 6 heteroatoms. The second-order valence-electron chi connectivity index (χ2n) is 3.99. The zero-order valence-corrected chi connectivity index (χ0v) is 12.5. The quantitative estimate of drug-likeness (QED) is 0.756. The summed E-state index contributed by atoms with van der Waals surface area (Å²) in [6, 6.07) is 12.5. The van der Waals surface area contributed by atoms with Gasteiger partial charge in [-0.2, -0.15) is 0 Å². The van der Waals surface area contributed by atoms with E-state index in [4.69, 9.17) is 11.6 Å². The number of carbonyl (C=O) groups excluding carboxylic acids is 2. The average molecular weight is 322 g/mol. The average Bonchev–Trinajstić information content (AvgIpc) is 2.96. The molecule has 2 amide bonds. The number of hydrogen-bond donors (Lipinski definition) is 0. The minimum atomic E-state index is -0.296. The van der Waals surface area contributed by atoms with Crippen molar-refractivity contribution in [3.05, 3.63) is 56.6 Å². The van der Waals surface area contributed by atoms with E-state index in [9.17, 15) is 9.59 Å². The summed E-state index contributed by atoms with van der Waals surface area (Å²) in [5, 5.41) is -0.282. The number of para-hydroxylation sites is 1. The van der Waals surface area contributed by atoms with Crippen molar-refractivity contribution in [1.82, 2.24) is 0 Å².